The van der Waals surface area contributed by atoms with Crippen LogP contribution in [-0.2, 0) is 6.42 Å². The van der Waals surface area contributed by atoms with E-state index in [0.29, 0.717) is 0 Å². The lowest BCUT2D eigenvalue weighted by Crippen LogP contribution is -1.97. The van der Waals surface area contributed by atoms with E-state index in [1.54, 1.807) is 0 Å². The third-order valence-corrected chi connectivity index (χ3v) is 3.70. The highest BCUT2D eigenvalue weighted by Gasteiger charge is 2.15. The summed E-state index contributed by atoms with van der Waals surface area (Å²) in [7, 11) is 0. The smallest absolute Gasteiger partial charge is 0.107 e. The number of imidazole rings is 1. The molecule has 0 radical (unpaired) electrons. The molecule has 1 aromatic carbocycles. The van der Waals surface area contributed by atoms with Crippen molar-refractivity contribution in [2.24, 2.45) is 5.92 Å². The average molecular weight is 214 g/mol. The van der Waals surface area contributed by atoms with Gasteiger partial charge in [0.05, 0.1) is 11.0 Å². The van der Waals surface area contributed by atoms with Gasteiger partial charge >= 0.3 is 0 Å². The topological polar surface area (TPSA) is 28.7 Å². The largest absolute Gasteiger partial charge is 0.342 e. The Morgan fingerprint density at radius 3 is 2.81 bits per heavy atom. The Balaban J connectivity index is 1.69. The van der Waals surface area contributed by atoms with Crippen LogP contribution in [0.1, 0.15) is 37.9 Å². The van der Waals surface area contributed by atoms with Gasteiger partial charge < -0.3 is 4.98 Å². The molecule has 1 aromatic heterocycles. The number of para-hydroxylation sites is 2. The molecular weight excluding hydrogens is 196 g/mol. The van der Waals surface area contributed by atoms with Crippen molar-refractivity contribution in [2.75, 3.05) is 0 Å². The van der Waals surface area contributed by atoms with Gasteiger partial charge in [0, 0.05) is 6.42 Å². The predicted molar refractivity (Wildman–Crippen MR) is 66.4 cm³/mol. The summed E-state index contributed by atoms with van der Waals surface area (Å²) in [5.74, 6) is 2.11. The summed E-state index contributed by atoms with van der Waals surface area (Å²) < 4.78 is 0. The normalized spacial score (nSPS) is 17.2. The van der Waals surface area contributed by atoms with Gasteiger partial charge in [-0.25, -0.2) is 4.98 Å². The zero-order valence-electron chi connectivity index (χ0n) is 9.58. The fourth-order valence-electron chi connectivity index (χ4n) is 2.76. The molecule has 3 rings (SSSR count). The zero-order valence-corrected chi connectivity index (χ0v) is 9.58. The first-order chi connectivity index (χ1) is 7.92. The molecule has 1 aliphatic carbocycles. The van der Waals surface area contributed by atoms with E-state index in [1.165, 1.54) is 37.6 Å². The molecule has 0 aliphatic heterocycles. The van der Waals surface area contributed by atoms with Gasteiger partial charge in [-0.1, -0.05) is 37.8 Å². The third-order valence-electron chi connectivity index (χ3n) is 3.70. The van der Waals surface area contributed by atoms with Crippen LogP contribution in [0, 0.1) is 5.92 Å². The second kappa shape index (κ2) is 4.28. The molecule has 0 bridgehead atoms. The van der Waals surface area contributed by atoms with Crippen LogP contribution in [0.3, 0.4) is 0 Å². The van der Waals surface area contributed by atoms with Crippen molar-refractivity contribution < 1.29 is 0 Å². The van der Waals surface area contributed by atoms with Crippen LogP contribution in [0.5, 0.6) is 0 Å². The number of aromatic nitrogens is 2. The molecular formula is C14H18N2. The Hall–Kier alpha value is -1.31. The quantitative estimate of drug-likeness (QED) is 0.829. The van der Waals surface area contributed by atoms with Crippen molar-refractivity contribution in [2.45, 2.75) is 38.5 Å². The number of H-pyrrole nitrogens is 1. The number of hydrogen-bond acceptors (Lipinski definition) is 1. The lowest BCUT2D eigenvalue weighted by atomic mass is 10.0. The van der Waals surface area contributed by atoms with E-state index in [1.807, 2.05) is 6.07 Å². The minimum absolute atomic E-state index is 0.952. The molecule has 1 fully saturated rings. The minimum atomic E-state index is 0.952. The lowest BCUT2D eigenvalue weighted by molar-refractivity contribution is 0.498. The maximum absolute atomic E-state index is 4.62. The number of rotatable bonds is 3. The average Bonchev–Trinajstić information content (AvgIpc) is 2.95. The van der Waals surface area contributed by atoms with Crippen molar-refractivity contribution in [3.05, 3.63) is 30.1 Å². The number of fused-ring (bicyclic) bond motifs is 1. The van der Waals surface area contributed by atoms with Crippen LogP contribution >= 0.6 is 0 Å². The summed E-state index contributed by atoms with van der Waals surface area (Å²) in [6.07, 6.45) is 8.15. The van der Waals surface area contributed by atoms with Gasteiger partial charge in [-0.05, 0) is 24.5 Å². The van der Waals surface area contributed by atoms with E-state index in [4.69, 9.17) is 0 Å². The fourth-order valence-corrected chi connectivity index (χ4v) is 2.76. The SMILES string of the molecule is c1ccc2[nH]c(CCC3CCCC3)nc2c1. The van der Waals surface area contributed by atoms with Gasteiger partial charge in [0.15, 0.2) is 0 Å². The van der Waals surface area contributed by atoms with Crippen molar-refractivity contribution >= 4 is 11.0 Å². The Morgan fingerprint density at radius 1 is 1.19 bits per heavy atom. The fraction of sp³-hybridized carbons (Fsp3) is 0.500. The molecule has 1 heterocycles. The number of nitrogens with zero attached hydrogens (tertiary/aromatic N) is 1. The number of aromatic amines is 1. The maximum Gasteiger partial charge on any atom is 0.107 e. The first-order valence-electron chi connectivity index (χ1n) is 6.35. The summed E-state index contributed by atoms with van der Waals surface area (Å²) in [6, 6.07) is 8.28. The Bertz CT molecular complexity index is 433. The number of aryl methyl sites for hydroxylation is 1. The maximum atomic E-state index is 4.62. The van der Waals surface area contributed by atoms with Crippen LogP contribution < -0.4 is 0 Å². The highest BCUT2D eigenvalue weighted by atomic mass is 14.9. The van der Waals surface area contributed by atoms with E-state index < -0.39 is 0 Å². The molecule has 1 saturated carbocycles. The number of hydrogen-bond donors (Lipinski definition) is 1. The van der Waals surface area contributed by atoms with E-state index >= 15 is 0 Å². The second-order valence-electron chi connectivity index (χ2n) is 4.89. The van der Waals surface area contributed by atoms with Crippen molar-refractivity contribution in [1.82, 2.24) is 9.97 Å². The molecule has 0 amide bonds. The molecule has 0 atom stereocenters. The standard InChI is InChI=1S/C14H18N2/c1-2-6-11(5-1)9-10-14-15-12-7-3-4-8-13(12)16-14/h3-4,7-8,11H,1-2,5-6,9-10H2,(H,15,16). The summed E-state index contributed by atoms with van der Waals surface area (Å²) in [5, 5.41) is 0. The predicted octanol–water partition coefficient (Wildman–Crippen LogP) is 3.69. The van der Waals surface area contributed by atoms with Gasteiger partial charge in [-0.15, -0.1) is 0 Å². The van der Waals surface area contributed by atoms with Crippen molar-refractivity contribution in [3.63, 3.8) is 0 Å². The minimum Gasteiger partial charge on any atom is -0.342 e. The van der Waals surface area contributed by atoms with Gasteiger partial charge in [0.2, 0.25) is 0 Å². The van der Waals surface area contributed by atoms with E-state index in [2.05, 4.69) is 28.2 Å². The lowest BCUT2D eigenvalue weighted by Gasteiger charge is -2.05. The van der Waals surface area contributed by atoms with Crippen molar-refractivity contribution in [1.29, 1.82) is 0 Å². The highest BCUT2D eigenvalue weighted by Crippen LogP contribution is 2.28. The molecule has 84 valence electrons. The summed E-state index contributed by atoms with van der Waals surface area (Å²) in [4.78, 5) is 8.03. The summed E-state index contributed by atoms with van der Waals surface area (Å²) in [5.41, 5.74) is 2.27. The molecule has 16 heavy (non-hydrogen) atoms. The van der Waals surface area contributed by atoms with E-state index in [-0.39, 0.29) is 0 Å². The molecule has 2 heteroatoms. The number of nitrogens with one attached hydrogen (secondary N) is 1. The van der Waals surface area contributed by atoms with Crippen LogP contribution in [-0.4, -0.2) is 9.97 Å². The van der Waals surface area contributed by atoms with Crippen LogP contribution in [0.2, 0.25) is 0 Å². The van der Waals surface area contributed by atoms with Gasteiger partial charge in [-0.3, -0.25) is 0 Å². The molecule has 2 nitrogen and oxygen atoms in total. The van der Waals surface area contributed by atoms with Gasteiger partial charge in [0.25, 0.3) is 0 Å². The Labute approximate surface area is 96.1 Å². The number of benzene rings is 1. The Kier molecular flexibility index (Phi) is 2.65. The first kappa shape index (κ1) is 9.88. The third kappa shape index (κ3) is 1.97. The zero-order chi connectivity index (χ0) is 10.8. The van der Waals surface area contributed by atoms with Gasteiger partial charge in [0.1, 0.15) is 5.82 Å². The van der Waals surface area contributed by atoms with Gasteiger partial charge in [-0.2, -0.15) is 0 Å². The second-order valence-corrected chi connectivity index (χ2v) is 4.89. The Morgan fingerprint density at radius 2 is 2.00 bits per heavy atom. The molecule has 0 spiro atoms. The van der Waals surface area contributed by atoms with Crippen molar-refractivity contribution in [3.8, 4) is 0 Å². The van der Waals surface area contributed by atoms with Crippen LogP contribution in [0.25, 0.3) is 11.0 Å². The van der Waals surface area contributed by atoms with E-state index in [0.717, 1.165) is 23.7 Å². The summed E-state index contributed by atoms with van der Waals surface area (Å²) >= 11 is 0. The monoisotopic (exact) mass is 214 g/mol. The molecule has 2 aromatic rings. The first-order valence-corrected chi connectivity index (χ1v) is 6.35. The van der Waals surface area contributed by atoms with E-state index in [9.17, 15) is 0 Å². The summed E-state index contributed by atoms with van der Waals surface area (Å²) in [6.45, 7) is 0. The molecule has 1 aliphatic rings. The highest BCUT2D eigenvalue weighted by molar-refractivity contribution is 5.74. The van der Waals surface area contributed by atoms with Crippen LogP contribution in [0.4, 0.5) is 0 Å². The molecule has 0 unspecified atom stereocenters. The van der Waals surface area contributed by atoms with Crippen LogP contribution in [0.15, 0.2) is 24.3 Å². The molecule has 0 saturated heterocycles. The molecule has 1 N–H and O–H groups in total.